The molecule has 174 valence electrons. The molecule has 0 bridgehead atoms. The lowest BCUT2D eigenvalue weighted by Gasteiger charge is -2.17. The van der Waals surface area contributed by atoms with Crippen LogP contribution in [-0.4, -0.2) is 52.2 Å². The zero-order valence-corrected chi connectivity index (χ0v) is 19.2. The van der Waals surface area contributed by atoms with Crippen LogP contribution in [0.3, 0.4) is 0 Å². The van der Waals surface area contributed by atoms with Gasteiger partial charge in [-0.2, -0.15) is 8.42 Å². The largest absolute Gasteiger partial charge is 0.459 e. The number of esters is 1. The van der Waals surface area contributed by atoms with Crippen LogP contribution >= 0.6 is 0 Å². The van der Waals surface area contributed by atoms with Gasteiger partial charge in [-0.25, -0.2) is 4.79 Å². The molecule has 0 unspecified atom stereocenters. The summed E-state index contributed by atoms with van der Waals surface area (Å²) in [5, 5.41) is 0. The normalized spacial score (nSPS) is 20.2. The van der Waals surface area contributed by atoms with E-state index < -0.39 is 34.1 Å². The van der Waals surface area contributed by atoms with Crippen LogP contribution in [0, 0.1) is 6.92 Å². The van der Waals surface area contributed by atoms with Crippen molar-refractivity contribution in [2.24, 2.45) is 0 Å². The quantitative estimate of drug-likeness (QED) is 0.391. The lowest BCUT2D eigenvalue weighted by Crippen LogP contribution is -2.33. The maximum atomic E-state index is 12.4. The van der Waals surface area contributed by atoms with Gasteiger partial charge < -0.3 is 18.9 Å². The molecule has 32 heavy (non-hydrogen) atoms. The van der Waals surface area contributed by atoms with E-state index >= 15 is 0 Å². The van der Waals surface area contributed by atoms with Crippen molar-refractivity contribution in [3.63, 3.8) is 0 Å². The number of carbonyl (C=O) groups excluding carboxylic acids is 1. The fourth-order valence-corrected chi connectivity index (χ4v) is 4.08. The van der Waals surface area contributed by atoms with E-state index in [9.17, 15) is 13.2 Å². The second-order valence-corrected chi connectivity index (χ2v) is 9.54. The van der Waals surface area contributed by atoms with Crippen LogP contribution in [-0.2, 0) is 44.7 Å². The third kappa shape index (κ3) is 7.11. The molecule has 3 rings (SSSR count). The summed E-state index contributed by atoms with van der Waals surface area (Å²) in [6.07, 6.45) is -1.30. The molecule has 8 nitrogen and oxygen atoms in total. The van der Waals surface area contributed by atoms with E-state index in [1.165, 1.54) is 12.1 Å². The Labute approximate surface area is 188 Å². The summed E-state index contributed by atoms with van der Waals surface area (Å²) < 4.78 is 52.3. The third-order valence-corrected chi connectivity index (χ3v) is 6.02. The second-order valence-electron chi connectivity index (χ2n) is 7.93. The van der Waals surface area contributed by atoms with E-state index in [1.54, 1.807) is 26.0 Å². The molecule has 2 atom stereocenters. The van der Waals surface area contributed by atoms with Gasteiger partial charge >= 0.3 is 5.97 Å². The third-order valence-electron chi connectivity index (χ3n) is 4.73. The Bertz CT molecular complexity index is 986. The smallest absolute Gasteiger partial charge is 0.332 e. The minimum atomic E-state index is -3.94. The number of rotatable bonds is 10. The zero-order valence-electron chi connectivity index (χ0n) is 18.4. The van der Waals surface area contributed by atoms with Gasteiger partial charge in [-0.15, -0.1) is 0 Å². The van der Waals surface area contributed by atoms with Crippen molar-refractivity contribution in [2.75, 3.05) is 19.8 Å². The van der Waals surface area contributed by atoms with Crippen molar-refractivity contribution in [2.45, 2.75) is 50.3 Å². The van der Waals surface area contributed by atoms with Gasteiger partial charge in [-0.1, -0.05) is 48.0 Å². The summed E-state index contributed by atoms with van der Waals surface area (Å²) in [6, 6.07) is 15.7. The summed E-state index contributed by atoms with van der Waals surface area (Å²) in [5.41, 5.74) is 1.82. The molecule has 0 aliphatic carbocycles. The SMILES string of the molecule is Cc1ccc(S(=O)(=O)OC[C@H]2OC(C)(C)O[C@@H]2COCC(=O)OCc2ccccc2)cc1. The highest BCUT2D eigenvalue weighted by Gasteiger charge is 2.42. The number of hydrogen-bond donors (Lipinski definition) is 0. The average Bonchev–Trinajstić information content (AvgIpc) is 3.05. The molecule has 1 aliphatic rings. The fourth-order valence-electron chi connectivity index (χ4n) is 3.16. The first-order valence-electron chi connectivity index (χ1n) is 10.2. The number of aryl methyl sites for hydroxylation is 1. The molecule has 1 fully saturated rings. The van der Waals surface area contributed by atoms with Crippen molar-refractivity contribution >= 4 is 16.1 Å². The lowest BCUT2D eigenvalue weighted by atomic mass is 10.2. The van der Waals surface area contributed by atoms with Crippen molar-refractivity contribution in [1.29, 1.82) is 0 Å². The summed E-state index contributed by atoms with van der Waals surface area (Å²) in [5.74, 6) is -1.45. The van der Waals surface area contributed by atoms with Crippen LogP contribution in [0.1, 0.15) is 25.0 Å². The average molecular weight is 465 g/mol. The van der Waals surface area contributed by atoms with Crippen LogP contribution in [0.25, 0.3) is 0 Å². The Morgan fingerprint density at radius 3 is 2.25 bits per heavy atom. The Morgan fingerprint density at radius 2 is 1.59 bits per heavy atom. The minimum Gasteiger partial charge on any atom is -0.459 e. The van der Waals surface area contributed by atoms with E-state index in [4.69, 9.17) is 23.1 Å². The molecule has 0 spiro atoms. The van der Waals surface area contributed by atoms with Gasteiger partial charge in [0, 0.05) is 0 Å². The van der Waals surface area contributed by atoms with Crippen LogP contribution in [0.15, 0.2) is 59.5 Å². The van der Waals surface area contributed by atoms with Gasteiger partial charge in [0.25, 0.3) is 10.1 Å². The molecule has 2 aromatic carbocycles. The summed E-state index contributed by atoms with van der Waals surface area (Å²) >= 11 is 0. The second kappa shape index (κ2) is 10.5. The molecule has 1 saturated heterocycles. The molecule has 0 amide bonds. The van der Waals surface area contributed by atoms with Gasteiger partial charge in [0.2, 0.25) is 0 Å². The predicted octanol–water partition coefficient (Wildman–Crippen LogP) is 2.98. The van der Waals surface area contributed by atoms with Gasteiger partial charge in [-0.3, -0.25) is 4.18 Å². The maximum Gasteiger partial charge on any atom is 0.332 e. The van der Waals surface area contributed by atoms with Gasteiger partial charge in [0.05, 0.1) is 18.1 Å². The van der Waals surface area contributed by atoms with Crippen LogP contribution < -0.4 is 0 Å². The van der Waals surface area contributed by atoms with Crippen LogP contribution in [0.4, 0.5) is 0 Å². The first-order valence-corrected chi connectivity index (χ1v) is 11.6. The van der Waals surface area contributed by atoms with E-state index in [-0.39, 0.29) is 31.3 Å². The van der Waals surface area contributed by atoms with Gasteiger partial charge in [0.1, 0.15) is 25.4 Å². The first-order chi connectivity index (χ1) is 15.1. The van der Waals surface area contributed by atoms with Crippen LogP contribution in [0.5, 0.6) is 0 Å². The number of hydrogen-bond acceptors (Lipinski definition) is 8. The molecule has 1 aliphatic heterocycles. The zero-order chi connectivity index (χ0) is 23.2. The molecule has 0 radical (unpaired) electrons. The Hall–Kier alpha value is -2.30. The topological polar surface area (TPSA) is 97.4 Å². The maximum absolute atomic E-state index is 12.4. The number of benzene rings is 2. The number of ether oxygens (including phenoxy) is 4. The van der Waals surface area contributed by atoms with E-state index in [1.807, 2.05) is 37.3 Å². The highest BCUT2D eigenvalue weighted by molar-refractivity contribution is 7.86. The van der Waals surface area contributed by atoms with Gasteiger partial charge in [-0.05, 0) is 38.5 Å². The highest BCUT2D eigenvalue weighted by atomic mass is 32.2. The molecular formula is C23H28O8S. The van der Waals surface area contributed by atoms with Crippen LogP contribution in [0.2, 0.25) is 0 Å². The van der Waals surface area contributed by atoms with Crippen molar-refractivity contribution in [3.8, 4) is 0 Å². The highest BCUT2D eigenvalue weighted by Crippen LogP contribution is 2.29. The summed E-state index contributed by atoms with van der Waals surface area (Å²) in [7, 11) is -3.94. The fraction of sp³-hybridized carbons (Fsp3) is 0.435. The van der Waals surface area contributed by atoms with Crippen molar-refractivity contribution < 1.29 is 36.3 Å². The summed E-state index contributed by atoms with van der Waals surface area (Å²) in [4.78, 5) is 12.0. The molecule has 2 aromatic rings. The van der Waals surface area contributed by atoms with Crippen molar-refractivity contribution in [1.82, 2.24) is 0 Å². The lowest BCUT2D eigenvalue weighted by molar-refractivity contribution is -0.158. The molecule has 1 heterocycles. The van der Waals surface area contributed by atoms with Crippen molar-refractivity contribution in [3.05, 3.63) is 65.7 Å². The standard InChI is InChI=1S/C23H28O8S/c1-17-9-11-19(12-10-17)32(25,26)29-15-21-20(30-23(2,3)31-21)14-27-16-22(24)28-13-18-7-5-4-6-8-18/h4-12,20-21H,13-16H2,1-3H3/t20-,21-/m1/s1. The molecule has 9 heteroatoms. The summed E-state index contributed by atoms with van der Waals surface area (Å²) in [6.45, 7) is 4.96. The van der Waals surface area contributed by atoms with E-state index in [0.717, 1.165) is 11.1 Å². The molecule has 0 aromatic heterocycles. The monoisotopic (exact) mass is 464 g/mol. The minimum absolute atomic E-state index is 0.0163. The Balaban J connectivity index is 1.48. The molecule has 0 saturated carbocycles. The van der Waals surface area contributed by atoms with E-state index in [2.05, 4.69) is 0 Å². The predicted molar refractivity (Wildman–Crippen MR) is 115 cm³/mol. The Morgan fingerprint density at radius 1 is 0.969 bits per heavy atom. The molecule has 0 N–H and O–H groups in total. The van der Waals surface area contributed by atoms with E-state index in [0.29, 0.717) is 0 Å². The number of carbonyl (C=O) groups is 1. The molecular weight excluding hydrogens is 436 g/mol. The van der Waals surface area contributed by atoms with Gasteiger partial charge in [0.15, 0.2) is 5.79 Å². The Kier molecular flexibility index (Phi) is 8.02. The first kappa shape index (κ1) is 24.3.